The molecule has 40 heavy (non-hydrogen) atoms. The van der Waals surface area contributed by atoms with E-state index < -0.39 is 94.4 Å². The van der Waals surface area contributed by atoms with Crippen LogP contribution in [0.3, 0.4) is 0 Å². The summed E-state index contributed by atoms with van der Waals surface area (Å²) in [5.41, 5.74) is -1.42. The highest BCUT2D eigenvalue weighted by Gasteiger charge is 2.47. The summed E-state index contributed by atoms with van der Waals surface area (Å²) in [6.07, 6.45) is -9.30. The molecule has 1 aliphatic rings. The fourth-order valence-corrected chi connectivity index (χ4v) is 4.14. The van der Waals surface area contributed by atoms with Gasteiger partial charge in [0.05, 0.1) is 13.2 Å². The van der Waals surface area contributed by atoms with Crippen molar-refractivity contribution in [2.45, 2.75) is 44.1 Å². The Morgan fingerprint density at radius 2 is 1.70 bits per heavy atom. The minimum Gasteiger partial charge on any atom is -0.508 e. The lowest BCUT2D eigenvalue weighted by molar-refractivity contribution is -0.272. The van der Waals surface area contributed by atoms with Crippen molar-refractivity contribution in [3.63, 3.8) is 0 Å². The van der Waals surface area contributed by atoms with Gasteiger partial charge in [0.15, 0.2) is 23.4 Å². The average Bonchev–Trinajstić information content (AvgIpc) is 2.87. The van der Waals surface area contributed by atoms with Crippen LogP contribution in [0.15, 0.2) is 33.5 Å². The lowest BCUT2D eigenvalue weighted by Gasteiger charge is -2.40. The molecule has 1 aliphatic heterocycles. The summed E-state index contributed by atoms with van der Waals surface area (Å²) in [4.78, 5) is 36.1. The molecule has 2 aromatic carbocycles. The van der Waals surface area contributed by atoms with Gasteiger partial charge >= 0.3 is 11.9 Å². The van der Waals surface area contributed by atoms with Crippen LogP contribution in [-0.2, 0) is 19.1 Å². The van der Waals surface area contributed by atoms with Gasteiger partial charge in [0.1, 0.15) is 41.1 Å². The summed E-state index contributed by atoms with van der Waals surface area (Å²) in [6.45, 7) is 1.32. The number of carboxylic acids is 1. The molecule has 0 bridgehead atoms. The molecule has 7 N–H and O–H groups in total. The van der Waals surface area contributed by atoms with Gasteiger partial charge in [0.25, 0.3) is 0 Å². The van der Waals surface area contributed by atoms with Crippen molar-refractivity contribution in [2.75, 3.05) is 7.11 Å². The van der Waals surface area contributed by atoms with E-state index in [2.05, 4.69) is 0 Å². The fourth-order valence-electron chi connectivity index (χ4n) is 4.14. The Morgan fingerprint density at radius 1 is 1.00 bits per heavy atom. The number of benzene rings is 2. The van der Waals surface area contributed by atoms with Crippen molar-refractivity contribution in [1.29, 1.82) is 0 Å². The number of rotatable bonds is 7. The molecule has 0 aliphatic carbocycles. The van der Waals surface area contributed by atoms with Crippen LogP contribution in [0.1, 0.15) is 13.3 Å². The second-order valence-electron chi connectivity index (χ2n) is 8.81. The number of hydrogen-bond donors (Lipinski definition) is 7. The number of methoxy groups -OCH3 is 1. The number of esters is 1. The van der Waals surface area contributed by atoms with E-state index in [0.717, 1.165) is 18.2 Å². The molecule has 2 heterocycles. The van der Waals surface area contributed by atoms with Crippen molar-refractivity contribution >= 4 is 22.9 Å². The van der Waals surface area contributed by atoms with Crippen LogP contribution in [0.25, 0.3) is 22.3 Å². The highest BCUT2D eigenvalue weighted by molar-refractivity contribution is 5.90. The molecule has 1 saturated heterocycles. The largest absolute Gasteiger partial charge is 0.508 e. The second kappa shape index (κ2) is 10.8. The zero-order valence-corrected chi connectivity index (χ0v) is 20.8. The number of carbonyl (C=O) groups is 2. The van der Waals surface area contributed by atoms with Crippen LogP contribution in [0, 0.1) is 0 Å². The number of carboxylic acid groups (broad SMARTS) is 1. The molecule has 15 heteroatoms. The quantitative estimate of drug-likeness (QED) is 0.117. The van der Waals surface area contributed by atoms with E-state index in [1.807, 2.05) is 0 Å². The van der Waals surface area contributed by atoms with Gasteiger partial charge in [-0.1, -0.05) is 0 Å². The topological polar surface area (TPSA) is 243 Å². The zero-order chi connectivity index (χ0) is 29.5. The summed E-state index contributed by atoms with van der Waals surface area (Å²) in [5, 5.41) is 70.0. The monoisotopic (exact) mass is 564 g/mol. The highest BCUT2D eigenvalue weighted by Crippen LogP contribution is 2.43. The number of phenols is 4. The number of aliphatic hydroxyl groups is 2. The summed E-state index contributed by atoms with van der Waals surface area (Å²) in [5.74, 6) is -6.46. The van der Waals surface area contributed by atoms with Gasteiger partial charge in [-0.15, -0.1) is 0 Å². The Bertz CT molecular complexity index is 1530. The van der Waals surface area contributed by atoms with E-state index in [9.17, 15) is 45.0 Å². The number of carbonyl (C=O) groups excluding carboxylic acids is 1. The van der Waals surface area contributed by atoms with E-state index in [1.54, 1.807) is 0 Å². The maximum Gasteiger partial charge on any atom is 0.317 e. The summed E-state index contributed by atoms with van der Waals surface area (Å²) < 4.78 is 26.9. The van der Waals surface area contributed by atoms with Crippen LogP contribution >= 0.6 is 0 Å². The SMILES string of the molecule is COc1cc(-c2oc3cc(O)cc(O)c3c(=O)c2O[C@@H]2OC(C)[C@H](OC(=O)CC(=O)O)C(O)[C@@H]2O)cc(O)c1O. The first-order valence-electron chi connectivity index (χ1n) is 11.5. The Hall–Kier alpha value is -4.73. The molecule has 0 radical (unpaired) electrons. The molecular formula is C25H24O15. The lowest BCUT2D eigenvalue weighted by atomic mass is 9.99. The van der Waals surface area contributed by atoms with Crippen molar-refractivity contribution in [3.8, 4) is 45.8 Å². The van der Waals surface area contributed by atoms with Crippen LogP contribution < -0.4 is 14.9 Å². The van der Waals surface area contributed by atoms with E-state index in [0.29, 0.717) is 0 Å². The molecule has 5 atom stereocenters. The van der Waals surface area contributed by atoms with E-state index >= 15 is 0 Å². The maximum absolute atomic E-state index is 13.5. The Balaban J connectivity index is 1.80. The van der Waals surface area contributed by atoms with E-state index in [-0.39, 0.29) is 16.9 Å². The molecule has 3 aromatic rings. The van der Waals surface area contributed by atoms with Crippen LogP contribution in [0.4, 0.5) is 0 Å². The number of aliphatic hydroxyl groups excluding tert-OH is 2. The number of aliphatic carboxylic acids is 1. The molecule has 1 aromatic heterocycles. The van der Waals surface area contributed by atoms with Crippen LogP contribution in [-0.4, -0.2) is 85.5 Å². The van der Waals surface area contributed by atoms with Gasteiger partial charge in [0, 0.05) is 17.7 Å². The molecule has 4 rings (SSSR count). The first-order chi connectivity index (χ1) is 18.8. The van der Waals surface area contributed by atoms with Crippen LogP contribution in [0.2, 0.25) is 0 Å². The molecule has 2 unspecified atom stereocenters. The van der Waals surface area contributed by atoms with Crippen molar-refractivity contribution < 1.29 is 68.7 Å². The maximum atomic E-state index is 13.5. The van der Waals surface area contributed by atoms with Crippen molar-refractivity contribution in [3.05, 3.63) is 34.5 Å². The van der Waals surface area contributed by atoms with E-state index in [4.69, 9.17) is 28.5 Å². The first kappa shape index (κ1) is 28.3. The lowest BCUT2D eigenvalue weighted by Crippen LogP contribution is -2.59. The number of ether oxygens (including phenoxy) is 4. The Morgan fingerprint density at radius 3 is 2.35 bits per heavy atom. The third-order valence-corrected chi connectivity index (χ3v) is 6.03. The molecule has 0 amide bonds. The molecule has 15 nitrogen and oxygen atoms in total. The van der Waals surface area contributed by atoms with Crippen LogP contribution in [0.5, 0.6) is 34.5 Å². The third kappa shape index (κ3) is 5.25. The van der Waals surface area contributed by atoms with Gasteiger partial charge in [-0.05, 0) is 19.1 Å². The Kier molecular flexibility index (Phi) is 7.63. The fraction of sp³-hybridized carbons (Fsp3) is 0.320. The normalized spacial score (nSPS) is 22.6. The van der Waals surface area contributed by atoms with Crippen molar-refractivity contribution in [2.24, 2.45) is 0 Å². The van der Waals surface area contributed by atoms with Gasteiger partial charge < -0.3 is 59.1 Å². The number of phenolic OH excluding ortho intramolecular Hbond substituents is 4. The average molecular weight is 564 g/mol. The van der Waals surface area contributed by atoms with E-state index in [1.165, 1.54) is 20.1 Å². The predicted octanol–water partition coefficient (Wildman–Crippen LogP) is 0.523. The number of hydrogen-bond acceptors (Lipinski definition) is 14. The first-order valence-corrected chi connectivity index (χ1v) is 11.5. The summed E-state index contributed by atoms with van der Waals surface area (Å²) in [6, 6.07) is 4.05. The number of fused-ring (bicyclic) bond motifs is 1. The Labute approximate surface area is 223 Å². The molecule has 214 valence electrons. The third-order valence-electron chi connectivity index (χ3n) is 6.03. The second-order valence-corrected chi connectivity index (χ2v) is 8.81. The minimum atomic E-state index is -1.96. The minimum absolute atomic E-state index is 0.0941. The van der Waals surface area contributed by atoms with Gasteiger partial charge in [-0.2, -0.15) is 0 Å². The van der Waals surface area contributed by atoms with Gasteiger partial charge in [-0.3, -0.25) is 14.4 Å². The molecular weight excluding hydrogens is 540 g/mol. The summed E-state index contributed by atoms with van der Waals surface area (Å²) >= 11 is 0. The van der Waals surface area contributed by atoms with Gasteiger partial charge in [-0.25, -0.2) is 0 Å². The summed E-state index contributed by atoms with van der Waals surface area (Å²) in [7, 11) is 1.19. The zero-order valence-electron chi connectivity index (χ0n) is 20.8. The van der Waals surface area contributed by atoms with Crippen molar-refractivity contribution in [1.82, 2.24) is 0 Å². The molecule has 0 saturated carbocycles. The predicted molar refractivity (Wildman–Crippen MR) is 130 cm³/mol. The molecule has 0 spiro atoms. The smallest absolute Gasteiger partial charge is 0.317 e. The standard InChI is InChI=1S/C25H24O15/c1-8-22(39-16(31)7-15(29)30)20(34)21(35)25(37-8)40-24-19(33)17-11(27)5-10(26)6-13(17)38-23(24)9-3-12(28)18(32)14(4-9)36-2/h3-6,8,20-22,25-28,32,34-35H,7H2,1-2H3,(H,29,30)/t8?,20?,21-,22-,25-/m0/s1. The highest BCUT2D eigenvalue weighted by atomic mass is 16.7. The van der Waals surface area contributed by atoms with Gasteiger partial charge in [0.2, 0.25) is 23.2 Å². The molecule has 1 fully saturated rings. The number of aromatic hydroxyl groups is 4.